The first kappa shape index (κ1) is 24.5. The maximum atomic E-state index is 13.0. The average molecular weight is 459 g/mol. The van der Waals surface area contributed by atoms with Gasteiger partial charge in [-0.05, 0) is 49.7 Å². The molecule has 9 heteroatoms. The zero-order valence-electron chi connectivity index (χ0n) is 19.3. The molecule has 1 aromatic carbocycles. The molecule has 0 bridgehead atoms. The van der Waals surface area contributed by atoms with E-state index in [1.165, 1.54) is 0 Å². The van der Waals surface area contributed by atoms with Gasteiger partial charge in [0.25, 0.3) is 5.91 Å². The molecule has 1 aliphatic carbocycles. The number of ether oxygens (including phenoxy) is 1. The third-order valence-electron chi connectivity index (χ3n) is 5.82. The van der Waals surface area contributed by atoms with Gasteiger partial charge in [-0.1, -0.05) is 26.0 Å². The normalized spacial score (nSPS) is 22.9. The molecule has 1 aliphatic heterocycles. The van der Waals surface area contributed by atoms with Crippen molar-refractivity contribution in [3.63, 3.8) is 0 Å². The molecule has 0 saturated heterocycles. The predicted octanol–water partition coefficient (Wildman–Crippen LogP) is 1.13. The van der Waals surface area contributed by atoms with Crippen LogP contribution in [-0.2, 0) is 14.4 Å². The van der Waals surface area contributed by atoms with Crippen LogP contribution in [0.4, 0.5) is 0 Å². The molecule has 1 heterocycles. The second kappa shape index (κ2) is 11.7. The van der Waals surface area contributed by atoms with Gasteiger partial charge >= 0.3 is 0 Å². The van der Waals surface area contributed by atoms with Gasteiger partial charge in [0.2, 0.25) is 17.7 Å². The topological polar surface area (TPSA) is 126 Å². The van der Waals surface area contributed by atoms with Crippen molar-refractivity contribution < 1.29 is 23.9 Å². The fourth-order valence-electron chi connectivity index (χ4n) is 3.61. The van der Waals surface area contributed by atoms with Crippen molar-refractivity contribution in [2.75, 3.05) is 19.7 Å². The number of carbonyl (C=O) groups is 4. The van der Waals surface area contributed by atoms with Crippen LogP contribution in [0.2, 0.25) is 0 Å². The summed E-state index contributed by atoms with van der Waals surface area (Å²) >= 11 is 0. The first-order chi connectivity index (χ1) is 15.8. The van der Waals surface area contributed by atoms with Crippen molar-refractivity contribution in [2.45, 2.75) is 58.0 Å². The lowest BCUT2D eigenvalue weighted by molar-refractivity contribution is -0.130. The lowest BCUT2D eigenvalue weighted by Gasteiger charge is -2.23. The molecule has 9 nitrogen and oxygen atoms in total. The fraction of sp³-hybridized carbons (Fsp3) is 0.583. The number of hydrogen-bond acceptors (Lipinski definition) is 5. The Labute approximate surface area is 194 Å². The largest absolute Gasteiger partial charge is 0.493 e. The molecule has 0 radical (unpaired) electrons. The van der Waals surface area contributed by atoms with E-state index >= 15 is 0 Å². The minimum atomic E-state index is -0.880. The van der Waals surface area contributed by atoms with E-state index in [2.05, 4.69) is 21.3 Å². The van der Waals surface area contributed by atoms with Crippen molar-refractivity contribution >= 4 is 23.6 Å². The Morgan fingerprint density at radius 2 is 1.88 bits per heavy atom. The Balaban J connectivity index is 1.78. The maximum Gasteiger partial charge on any atom is 0.255 e. The monoisotopic (exact) mass is 458 g/mol. The van der Waals surface area contributed by atoms with Crippen LogP contribution in [0.3, 0.4) is 0 Å². The van der Waals surface area contributed by atoms with Crippen LogP contribution in [-0.4, -0.2) is 55.4 Å². The van der Waals surface area contributed by atoms with Gasteiger partial charge in [0.15, 0.2) is 0 Å². The zero-order chi connectivity index (χ0) is 23.8. The number of hydrogen-bond donors (Lipinski definition) is 4. The van der Waals surface area contributed by atoms with Crippen molar-refractivity contribution in [3.8, 4) is 5.75 Å². The van der Waals surface area contributed by atoms with Gasteiger partial charge < -0.3 is 26.0 Å². The van der Waals surface area contributed by atoms with Crippen LogP contribution in [0.1, 0.15) is 56.3 Å². The van der Waals surface area contributed by atoms with Gasteiger partial charge in [0.05, 0.1) is 12.2 Å². The van der Waals surface area contributed by atoms with Crippen molar-refractivity contribution in [2.24, 2.45) is 11.8 Å². The number of nitrogens with one attached hydrogen (secondary N) is 4. The van der Waals surface area contributed by atoms with E-state index in [-0.39, 0.29) is 36.5 Å². The molecule has 180 valence electrons. The molecule has 2 aliphatic rings. The zero-order valence-corrected chi connectivity index (χ0v) is 19.3. The Bertz CT molecular complexity index is 868. The highest BCUT2D eigenvalue weighted by atomic mass is 16.5. The third kappa shape index (κ3) is 7.47. The van der Waals surface area contributed by atoms with E-state index in [9.17, 15) is 19.2 Å². The molecule has 1 aromatic rings. The highest BCUT2D eigenvalue weighted by Crippen LogP contribution is 2.27. The SMILES string of the molecule is CC(C)[C@H]1NC(=O)CC[C@@H](C(=O)NCC2CC2)NC(=O)c2ccccc2OCCCNC1=O. The van der Waals surface area contributed by atoms with Gasteiger partial charge in [-0.3, -0.25) is 19.2 Å². The second-order valence-electron chi connectivity index (χ2n) is 9.03. The second-order valence-corrected chi connectivity index (χ2v) is 9.03. The predicted molar refractivity (Wildman–Crippen MR) is 123 cm³/mol. The number of amides is 4. The summed E-state index contributed by atoms with van der Waals surface area (Å²) in [6.45, 7) is 4.96. The minimum absolute atomic E-state index is 0.00353. The van der Waals surface area contributed by atoms with Crippen LogP contribution in [0.5, 0.6) is 5.75 Å². The molecule has 1 fully saturated rings. The van der Waals surface area contributed by atoms with E-state index < -0.39 is 18.0 Å². The molecule has 0 spiro atoms. The Morgan fingerprint density at radius 3 is 2.61 bits per heavy atom. The fourth-order valence-corrected chi connectivity index (χ4v) is 3.61. The van der Waals surface area contributed by atoms with Gasteiger partial charge in [0, 0.05) is 19.5 Å². The molecule has 2 atom stereocenters. The van der Waals surface area contributed by atoms with Crippen LogP contribution in [0.15, 0.2) is 24.3 Å². The summed E-state index contributed by atoms with van der Waals surface area (Å²) in [6, 6.07) is 5.26. The molecule has 3 rings (SSSR count). The Kier molecular flexibility index (Phi) is 8.68. The van der Waals surface area contributed by atoms with Crippen molar-refractivity contribution in [3.05, 3.63) is 29.8 Å². The summed E-state index contributed by atoms with van der Waals surface area (Å²) in [5, 5.41) is 11.3. The van der Waals surface area contributed by atoms with Gasteiger partial charge in [-0.2, -0.15) is 0 Å². The quantitative estimate of drug-likeness (QED) is 0.538. The number of benzene rings is 1. The third-order valence-corrected chi connectivity index (χ3v) is 5.82. The average Bonchev–Trinajstić information content (AvgIpc) is 3.62. The molecular weight excluding hydrogens is 424 g/mol. The lowest BCUT2D eigenvalue weighted by Crippen LogP contribution is -2.51. The van der Waals surface area contributed by atoms with Crippen LogP contribution in [0, 0.1) is 11.8 Å². The molecule has 4 N–H and O–H groups in total. The van der Waals surface area contributed by atoms with Crippen LogP contribution >= 0.6 is 0 Å². The molecule has 33 heavy (non-hydrogen) atoms. The number of para-hydroxylation sites is 1. The van der Waals surface area contributed by atoms with E-state index in [4.69, 9.17) is 4.74 Å². The van der Waals surface area contributed by atoms with E-state index in [1.54, 1.807) is 24.3 Å². The maximum absolute atomic E-state index is 13.0. The number of carbonyl (C=O) groups excluding carboxylic acids is 4. The molecule has 4 amide bonds. The summed E-state index contributed by atoms with van der Waals surface area (Å²) in [5.41, 5.74) is 0.318. The first-order valence-electron chi connectivity index (χ1n) is 11.7. The van der Waals surface area contributed by atoms with Gasteiger partial charge in [-0.25, -0.2) is 0 Å². The Hall–Kier alpha value is -3.10. The van der Waals surface area contributed by atoms with Crippen LogP contribution < -0.4 is 26.0 Å². The van der Waals surface area contributed by atoms with Crippen molar-refractivity contribution in [1.29, 1.82) is 0 Å². The van der Waals surface area contributed by atoms with Crippen molar-refractivity contribution in [1.82, 2.24) is 21.3 Å². The molecule has 0 aromatic heterocycles. The summed E-state index contributed by atoms with van der Waals surface area (Å²) in [6.07, 6.45) is 2.82. The molecule has 0 unspecified atom stereocenters. The summed E-state index contributed by atoms with van der Waals surface area (Å²) in [5.74, 6) is -0.555. The number of fused-ring (bicyclic) bond motifs is 1. The van der Waals surface area contributed by atoms with Gasteiger partial charge in [0.1, 0.15) is 17.8 Å². The Morgan fingerprint density at radius 1 is 1.12 bits per heavy atom. The van der Waals surface area contributed by atoms with Crippen LogP contribution in [0.25, 0.3) is 0 Å². The summed E-state index contributed by atoms with van der Waals surface area (Å²) in [7, 11) is 0. The molecular formula is C24H34N4O5. The highest BCUT2D eigenvalue weighted by molar-refractivity contribution is 5.99. The smallest absolute Gasteiger partial charge is 0.255 e. The lowest BCUT2D eigenvalue weighted by atomic mass is 10.0. The van der Waals surface area contributed by atoms with E-state index in [0.29, 0.717) is 43.3 Å². The van der Waals surface area contributed by atoms with Gasteiger partial charge in [-0.15, -0.1) is 0 Å². The van der Waals surface area contributed by atoms with E-state index in [0.717, 1.165) is 12.8 Å². The summed E-state index contributed by atoms with van der Waals surface area (Å²) < 4.78 is 5.79. The first-order valence-corrected chi connectivity index (χ1v) is 11.7. The summed E-state index contributed by atoms with van der Waals surface area (Å²) in [4.78, 5) is 51.0. The van der Waals surface area contributed by atoms with E-state index in [1.807, 2.05) is 13.8 Å². The minimum Gasteiger partial charge on any atom is -0.493 e. The standard InChI is InChI=1S/C24H34N4O5/c1-15(2)21-24(32)25-12-5-13-33-19-7-4-3-6-17(19)22(30)27-18(10-11-20(29)28-21)23(31)26-14-16-8-9-16/h3-4,6-7,15-16,18,21H,5,8-14H2,1-2H3,(H,25,32)(H,26,31)(H,27,30)(H,28,29)/t18-,21+/m0/s1. The number of rotatable bonds is 4. The highest BCUT2D eigenvalue weighted by Gasteiger charge is 2.28. The molecule has 1 saturated carbocycles.